The highest BCUT2D eigenvalue weighted by atomic mass is 79.9. The topological polar surface area (TPSA) is 59.8 Å². The number of hydrogen-bond donors (Lipinski definition) is 2. The molecule has 1 aromatic carbocycles. The molecular weight excluding hydrogens is 244 g/mol. The minimum atomic E-state index is -0.0592. The normalized spacial score (nSPS) is 10.4. The molecule has 70 valence electrons. The average molecular weight is 251 g/mol. The van der Waals surface area contributed by atoms with E-state index in [1.165, 1.54) is 0 Å². The lowest BCUT2D eigenvalue weighted by Gasteiger charge is -2.00. The molecule has 2 N–H and O–H groups in total. The maximum Gasteiger partial charge on any atom is 0.101 e. The molecule has 0 saturated heterocycles. The van der Waals surface area contributed by atoms with Crippen molar-refractivity contribution in [3.05, 3.63) is 33.9 Å². The number of halogens is 1. The summed E-state index contributed by atoms with van der Waals surface area (Å²) < 4.78 is 0.895. The number of benzene rings is 1. The molecule has 1 aromatic heterocycles. The quantitative estimate of drug-likeness (QED) is 0.816. The van der Waals surface area contributed by atoms with Crippen LogP contribution in [0.5, 0.6) is 0 Å². The van der Waals surface area contributed by atoms with E-state index in [9.17, 15) is 0 Å². The van der Waals surface area contributed by atoms with Gasteiger partial charge >= 0.3 is 0 Å². The third kappa shape index (κ3) is 1.22. The van der Waals surface area contributed by atoms with Crippen molar-refractivity contribution in [1.82, 2.24) is 4.98 Å². The van der Waals surface area contributed by atoms with Gasteiger partial charge in [-0.15, -0.1) is 0 Å². The number of H-pyrrole nitrogens is 1. The Balaban J connectivity index is 2.90. The van der Waals surface area contributed by atoms with Gasteiger partial charge in [0.1, 0.15) is 6.07 Å². The Morgan fingerprint density at radius 2 is 2.29 bits per heavy atom. The average Bonchev–Trinajstić information content (AvgIpc) is 2.63. The van der Waals surface area contributed by atoms with Gasteiger partial charge in [-0.3, -0.25) is 0 Å². The molecule has 0 fully saturated rings. The van der Waals surface area contributed by atoms with Crippen molar-refractivity contribution in [1.29, 1.82) is 5.26 Å². The van der Waals surface area contributed by atoms with Crippen LogP contribution >= 0.6 is 15.9 Å². The van der Waals surface area contributed by atoms with E-state index in [-0.39, 0.29) is 6.61 Å². The zero-order valence-corrected chi connectivity index (χ0v) is 8.80. The molecule has 0 radical (unpaired) electrons. The number of aliphatic hydroxyl groups is 1. The Kier molecular flexibility index (Phi) is 2.28. The van der Waals surface area contributed by atoms with E-state index in [1.807, 2.05) is 6.07 Å². The van der Waals surface area contributed by atoms with Crippen LogP contribution in [-0.2, 0) is 6.61 Å². The van der Waals surface area contributed by atoms with Crippen LogP contribution in [0.3, 0.4) is 0 Å². The Morgan fingerprint density at radius 1 is 1.50 bits per heavy atom. The van der Waals surface area contributed by atoms with Gasteiger partial charge in [0.25, 0.3) is 0 Å². The molecule has 2 rings (SSSR count). The summed E-state index contributed by atoms with van der Waals surface area (Å²) >= 11 is 3.38. The van der Waals surface area contributed by atoms with Crippen molar-refractivity contribution in [2.75, 3.05) is 0 Å². The standard InChI is InChI=1S/C10H7BrN2O/c11-8-2-1-6(5-14)9-7(3-12)4-13-10(8)9/h1-2,4,13-14H,5H2. The summed E-state index contributed by atoms with van der Waals surface area (Å²) in [5.74, 6) is 0. The lowest BCUT2D eigenvalue weighted by molar-refractivity contribution is 0.283. The van der Waals surface area contributed by atoms with Crippen LogP contribution in [0.4, 0.5) is 0 Å². The largest absolute Gasteiger partial charge is 0.392 e. The first kappa shape index (κ1) is 9.25. The smallest absolute Gasteiger partial charge is 0.101 e. The third-order valence-electron chi connectivity index (χ3n) is 2.16. The van der Waals surface area contributed by atoms with Gasteiger partial charge < -0.3 is 10.1 Å². The molecule has 0 saturated carbocycles. The van der Waals surface area contributed by atoms with Gasteiger partial charge in [-0.05, 0) is 27.6 Å². The molecule has 0 aliphatic rings. The molecule has 1 heterocycles. The second kappa shape index (κ2) is 3.45. The van der Waals surface area contributed by atoms with Crippen LogP contribution in [0.2, 0.25) is 0 Å². The minimum Gasteiger partial charge on any atom is -0.392 e. The molecule has 2 aromatic rings. The Labute approximate surface area is 89.1 Å². The fourth-order valence-corrected chi connectivity index (χ4v) is 1.95. The van der Waals surface area contributed by atoms with Crippen molar-refractivity contribution in [2.45, 2.75) is 6.61 Å². The SMILES string of the molecule is N#Cc1c[nH]c2c(Br)ccc(CO)c12. The van der Waals surface area contributed by atoms with Crippen LogP contribution in [0.1, 0.15) is 11.1 Å². The van der Waals surface area contributed by atoms with Gasteiger partial charge in [0, 0.05) is 16.1 Å². The van der Waals surface area contributed by atoms with Crippen LogP contribution in [0.15, 0.2) is 22.8 Å². The molecule has 0 atom stereocenters. The number of aromatic nitrogens is 1. The molecule has 0 aliphatic carbocycles. The summed E-state index contributed by atoms with van der Waals surface area (Å²) in [5, 5.41) is 18.8. The Bertz CT molecular complexity index is 525. The van der Waals surface area contributed by atoms with Crippen molar-refractivity contribution in [2.24, 2.45) is 0 Å². The number of aromatic amines is 1. The van der Waals surface area contributed by atoms with Gasteiger partial charge in [0.05, 0.1) is 17.7 Å². The predicted molar refractivity (Wildman–Crippen MR) is 56.6 cm³/mol. The summed E-state index contributed by atoms with van der Waals surface area (Å²) in [6.07, 6.45) is 1.65. The van der Waals surface area contributed by atoms with E-state index in [1.54, 1.807) is 12.3 Å². The Hall–Kier alpha value is -1.31. The first-order valence-electron chi connectivity index (χ1n) is 4.07. The van der Waals surface area contributed by atoms with Gasteiger partial charge in [0.15, 0.2) is 0 Å². The maximum atomic E-state index is 9.13. The number of aliphatic hydroxyl groups excluding tert-OH is 1. The second-order valence-corrected chi connectivity index (χ2v) is 3.78. The van der Waals surface area contributed by atoms with Gasteiger partial charge in [0.2, 0.25) is 0 Å². The van der Waals surface area contributed by atoms with Crippen LogP contribution in [0, 0.1) is 11.3 Å². The van der Waals surface area contributed by atoms with Crippen LogP contribution < -0.4 is 0 Å². The summed E-state index contributed by atoms with van der Waals surface area (Å²) in [7, 11) is 0. The Morgan fingerprint density at radius 3 is 2.93 bits per heavy atom. The fraction of sp³-hybridized carbons (Fsp3) is 0.100. The van der Waals surface area contributed by atoms with Gasteiger partial charge in [-0.1, -0.05) is 6.07 Å². The molecule has 0 bridgehead atoms. The van der Waals surface area contributed by atoms with E-state index >= 15 is 0 Å². The predicted octanol–water partition coefficient (Wildman–Crippen LogP) is 2.29. The molecule has 0 amide bonds. The van der Waals surface area contributed by atoms with Gasteiger partial charge in [-0.2, -0.15) is 5.26 Å². The highest BCUT2D eigenvalue weighted by Gasteiger charge is 2.09. The first-order chi connectivity index (χ1) is 6.77. The summed E-state index contributed by atoms with van der Waals surface area (Å²) in [6.45, 7) is -0.0592. The molecular formula is C10H7BrN2O. The third-order valence-corrected chi connectivity index (χ3v) is 2.82. The van der Waals surface area contributed by atoms with E-state index in [2.05, 4.69) is 27.0 Å². The second-order valence-electron chi connectivity index (χ2n) is 2.93. The first-order valence-corrected chi connectivity index (χ1v) is 4.86. The summed E-state index contributed by atoms with van der Waals surface area (Å²) in [6, 6.07) is 5.75. The van der Waals surface area contributed by atoms with Crippen molar-refractivity contribution < 1.29 is 5.11 Å². The van der Waals surface area contributed by atoms with Crippen LogP contribution in [-0.4, -0.2) is 10.1 Å². The lowest BCUT2D eigenvalue weighted by atomic mass is 10.1. The highest BCUT2D eigenvalue weighted by molar-refractivity contribution is 9.10. The van der Waals surface area contributed by atoms with Gasteiger partial charge in [-0.25, -0.2) is 0 Å². The zero-order valence-electron chi connectivity index (χ0n) is 7.21. The molecule has 0 unspecified atom stereocenters. The monoisotopic (exact) mass is 250 g/mol. The van der Waals surface area contributed by atoms with E-state index in [4.69, 9.17) is 10.4 Å². The fourth-order valence-electron chi connectivity index (χ4n) is 1.51. The number of fused-ring (bicyclic) bond motifs is 1. The van der Waals surface area contributed by atoms with E-state index in [0.29, 0.717) is 5.56 Å². The van der Waals surface area contributed by atoms with Crippen LogP contribution in [0.25, 0.3) is 10.9 Å². The van der Waals surface area contributed by atoms with Crippen molar-refractivity contribution in [3.63, 3.8) is 0 Å². The summed E-state index contributed by atoms with van der Waals surface area (Å²) in [5.41, 5.74) is 2.18. The number of hydrogen-bond acceptors (Lipinski definition) is 2. The van der Waals surface area contributed by atoms with E-state index in [0.717, 1.165) is 20.9 Å². The number of nitrogens with zero attached hydrogens (tertiary/aromatic N) is 1. The maximum absolute atomic E-state index is 9.13. The zero-order chi connectivity index (χ0) is 10.1. The molecule has 4 heteroatoms. The van der Waals surface area contributed by atoms with E-state index < -0.39 is 0 Å². The molecule has 0 spiro atoms. The molecule has 0 aliphatic heterocycles. The molecule has 14 heavy (non-hydrogen) atoms. The highest BCUT2D eigenvalue weighted by Crippen LogP contribution is 2.28. The lowest BCUT2D eigenvalue weighted by Crippen LogP contribution is -1.86. The summed E-state index contributed by atoms with van der Waals surface area (Å²) in [4.78, 5) is 3.00. The van der Waals surface area contributed by atoms with Crippen molar-refractivity contribution in [3.8, 4) is 6.07 Å². The van der Waals surface area contributed by atoms with Crippen molar-refractivity contribution >= 4 is 26.8 Å². The number of nitriles is 1. The molecule has 3 nitrogen and oxygen atoms in total. The number of rotatable bonds is 1. The number of nitrogens with one attached hydrogen (secondary N) is 1. The minimum absolute atomic E-state index is 0.0592.